The largest absolute Gasteiger partial charge is 0.405 e. The first-order chi connectivity index (χ1) is 7.82. The van der Waals surface area contributed by atoms with Crippen molar-refractivity contribution in [2.24, 2.45) is 5.92 Å². The summed E-state index contributed by atoms with van der Waals surface area (Å²) in [4.78, 5) is 12.5. The number of amides is 1. The number of nitrogens with one attached hydrogen (secondary N) is 1. The molecule has 0 bridgehead atoms. The van der Waals surface area contributed by atoms with Crippen LogP contribution in [0.15, 0.2) is 0 Å². The summed E-state index contributed by atoms with van der Waals surface area (Å²) in [6.07, 6.45) is -2.69. The molecule has 0 spiro atoms. The molecule has 0 radical (unpaired) electrons. The number of carbonyl (C=O) groups excluding carboxylic acids is 1. The zero-order valence-electron chi connectivity index (χ0n) is 9.42. The van der Waals surface area contributed by atoms with E-state index in [-0.39, 0.29) is 18.5 Å². The molecule has 1 atom stereocenters. The van der Waals surface area contributed by atoms with Crippen molar-refractivity contribution in [1.82, 2.24) is 10.2 Å². The number of halogens is 3. The van der Waals surface area contributed by atoms with Gasteiger partial charge in [0, 0.05) is 12.6 Å². The van der Waals surface area contributed by atoms with Gasteiger partial charge in [0.2, 0.25) is 5.91 Å². The van der Waals surface area contributed by atoms with Crippen molar-refractivity contribution < 1.29 is 18.0 Å². The molecule has 0 saturated heterocycles. The van der Waals surface area contributed by atoms with Gasteiger partial charge in [-0.25, -0.2) is 0 Å². The smallest absolute Gasteiger partial charge is 0.352 e. The van der Waals surface area contributed by atoms with Crippen LogP contribution < -0.4 is 5.32 Å². The SMILES string of the molecule is CN(CC(=O)NC1CC1)CC(C#N)C(F)(F)F. The number of carbonyl (C=O) groups is 1. The first-order valence-electron chi connectivity index (χ1n) is 5.27. The summed E-state index contributed by atoms with van der Waals surface area (Å²) < 4.78 is 36.9. The summed E-state index contributed by atoms with van der Waals surface area (Å²) in [6, 6.07) is 1.39. The summed E-state index contributed by atoms with van der Waals surface area (Å²) in [5.74, 6) is -2.35. The fourth-order valence-electron chi connectivity index (χ4n) is 1.34. The van der Waals surface area contributed by atoms with E-state index in [1.54, 1.807) is 0 Å². The highest BCUT2D eigenvalue weighted by molar-refractivity contribution is 5.78. The van der Waals surface area contributed by atoms with Crippen LogP contribution in [-0.2, 0) is 4.79 Å². The lowest BCUT2D eigenvalue weighted by molar-refractivity contribution is -0.163. The van der Waals surface area contributed by atoms with Crippen molar-refractivity contribution in [3.05, 3.63) is 0 Å². The molecule has 1 aliphatic rings. The Labute approximate surface area is 97.4 Å². The van der Waals surface area contributed by atoms with Crippen molar-refractivity contribution >= 4 is 5.91 Å². The van der Waals surface area contributed by atoms with E-state index in [2.05, 4.69) is 5.32 Å². The van der Waals surface area contributed by atoms with Gasteiger partial charge in [-0.2, -0.15) is 18.4 Å². The van der Waals surface area contributed by atoms with Gasteiger partial charge in [0.25, 0.3) is 0 Å². The van der Waals surface area contributed by atoms with Crippen molar-refractivity contribution in [3.63, 3.8) is 0 Å². The molecule has 0 aromatic rings. The Balaban J connectivity index is 2.34. The van der Waals surface area contributed by atoms with Gasteiger partial charge in [0.05, 0.1) is 12.6 Å². The molecule has 0 aromatic carbocycles. The molecule has 7 heteroatoms. The molecular formula is C10H14F3N3O. The minimum atomic E-state index is -4.55. The highest BCUT2D eigenvalue weighted by Crippen LogP contribution is 2.26. The van der Waals surface area contributed by atoms with Crippen molar-refractivity contribution in [3.8, 4) is 6.07 Å². The Morgan fingerprint density at radius 3 is 2.59 bits per heavy atom. The highest BCUT2D eigenvalue weighted by Gasteiger charge is 2.40. The second-order valence-corrected chi connectivity index (χ2v) is 4.26. The Morgan fingerprint density at radius 2 is 2.18 bits per heavy atom. The summed E-state index contributed by atoms with van der Waals surface area (Å²) >= 11 is 0. The average molecular weight is 249 g/mol. The number of hydrogen-bond donors (Lipinski definition) is 1. The molecule has 0 aromatic heterocycles. The van der Waals surface area contributed by atoms with Gasteiger partial charge >= 0.3 is 6.18 Å². The molecule has 4 nitrogen and oxygen atoms in total. The molecule has 1 N–H and O–H groups in total. The van der Waals surface area contributed by atoms with Crippen LogP contribution in [0.2, 0.25) is 0 Å². The van der Waals surface area contributed by atoms with Gasteiger partial charge in [0.1, 0.15) is 0 Å². The average Bonchev–Trinajstić information content (AvgIpc) is 2.95. The predicted molar refractivity (Wildman–Crippen MR) is 53.8 cm³/mol. The number of likely N-dealkylation sites (N-methyl/N-ethyl adjacent to an activating group) is 1. The fraction of sp³-hybridized carbons (Fsp3) is 0.800. The summed E-state index contributed by atoms with van der Waals surface area (Å²) in [5, 5.41) is 11.1. The van der Waals surface area contributed by atoms with Gasteiger partial charge in [-0.05, 0) is 19.9 Å². The topological polar surface area (TPSA) is 56.1 Å². The summed E-state index contributed by atoms with van der Waals surface area (Å²) in [6.45, 7) is -0.608. The third-order valence-electron chi connectivity index (χ3n) is 2.40. The molecule has 1 unspecified atom stereocenters. The monoisotopic (exact) mass is 249 g/mol. The van der Waals surface area contributed by atoms with Crippen LogP contribution in [0.3, 0.4) is 0 Å². The van der Waals surface area contributed by atoms with Crippen LogP contribution >= 0.6 is 0 Å². The van der Waals surface area contributed by atoms with Crippen LogP contribution in [0.5, 0.6) is 0 Å². The van der Waals surface area contributed by atoms with E-state index < -0.39 is 18.6 Å². The van der Waals surface area contributed by atoms with Crippen molar-refractivity contribution in [1.29, 1.82) is 5.26 Å². The van der Waals surface area contributed by atoms with E-state index in [4.69, 9.17) is 5.26 Å². The van der Waals surface area contributed by atoms with E-state index in [0.717, 1.165) is 12.8 Å². The minimum Gasteiger partial charge on any atom is -0.352 e. The predicted octanol–water partition coefficient (Wildman–Crippen LogP) is 0.899. The quantitative estimate of drug-likeness (QED) is 0.787. The Bertz CT molecular complexity index is 320. The van der Waals surface area contributed by atoms with Crippen molar-refractivity contribution in [2.75, 3.05) is 20.1 Å². The van der Waals surface area contributed by atoms with Crippen LogP contribution in [0.4, 0.5) is 13.2 Å². The molecule has 0 heterocycles. The van der Waals surface area contributed by atoms with E-state index in [1.165, 1.54) is 18.0 Å². The first-order valence-corrected chi connectivity index (χ1v) is 5.27. The van der Waals surface area contributed by atoms with Gasteiger partial charge in [-0.15, -0.1) is 0 Å². The summed E-state index contributed by atoms with van der Waals surface area (Å²) in [5.41, 5.74) is 0. The molecule has 0 aliphatic heterocycles. The number of nitrogens with zero attached hydrogens (tertiary/aromatic N) is 2. The van der Waals surface area contributed by atoms with Crippen LogP contribution in [0.1, 0.15) is 12.8 Å². The third-order valence-corrected chi connectivity index (χ3v) is 2.40. The Hall–Kier alpha value is -1.29. The van der Waals surface area contributed by atoms with E-state index in [1.807, 2.05) is 0 Å². The molecular weight excluding hydrogens is 235 g/mol. The van der Waals surface area contributed by atoms with Crippen LogP contribution in [0.25, 0.3) is 0 Å². The van der Waals surface area contributed by atoms with E-state index in [9.17, 15) is 18.0 Å². The number of nitriles is 1. The van der Waals surface area contributed by atoms with Crippen LogP contribution in [-0.4, -0.2) is 43.2 Å². The minimum absolute atomic E-state index is 0.120. The number of alkyl halides is 3. The lowest BCUT2D eigenvalue weighted by Gasteiger charge is -2.20. The van der Waals surface area contributed by atoms with Crippen LogP contribution in [0, 0.1) is 17.2 Å². The van der Waals surface area contributed by atoms with Gasteiger partial charge in [-0.1, -0.05) is 0 Å². The molecule has 1 amide bonds. The Kier molecular flexibility index (Phi) is 4.34. The molecule has 17 heavy (non-hydrogen) atoms. The molecule has 1 saturated carbocycles. The maximum Gasteiger partial charge on any atom is 0.405 e. The molecule has 1 aliphatic carbocycles. The Morgan fingerprint density at radius 1 is 1.59 bits per heavy atom. The lowest BCUT2D eigenvalue weighted by atomic mass is 10.1. The normalized spacial score (nSPS) is 17.6. The van der Waals surface area contributed by atoms with E-state index >= 15 is 0 Å². The second kappa shape index (κ2) is 5.36. The number of hydrogen-bond acceptors (Lipinski definition) is 3. The van der Waals surface area contributed by atoms with Crippen molar-refractivity contribution in [2.45, 2.75) is 25.1 Å². The highest BCUT2D eigenvalue weighted by atomic mass is 19.4. The van der Waals surface area contributed by atoms with Gasteiger partial charge < -0.3 is 5.32 Å². The standard InChI is InChI=1S/C10H14F3N3O/c1-16(5-7(4-14)10(11,12)13)6-9(17)15-8-2-3-8/h7-8H,2-3,5-6H2,1H3,(H,15,17). The van der Waals surface area contributed by atoms with E-state index in [0.29, 0.717) is 0 Å². The summed E-state index contributed by atoms with van der Waals surface area (Å²) in [7, 11) is 1.39. The number of rotatable bonds is 5. The zero-order valence-corrected chi connectivity index (χ0v) is 9.42. The molecule has 1 rings (SSSR count). The maximum absolute atomic E-state index is 12.3. The van der Waals surface area contributed by atoms with Gasteiger partial charge in [0.15, 0.2) is 5.92 Å². The molecule has 1 fully saturated rings. The molecule has 96 valence electrons. The first kappa shape index (κ1) is 13.8. The zero-order chi connectivity index (χ0) is 13.1. The fourth-order valence-corrected chi connectivity index (χ4v) is 1.34. The maximum atomic E-state index is 12.3. The lowest BCUT2D eigenvalue weighted by Crippen LogP contribution is -2.40. The van der Waals surface area contributed by atoms with Gasteiger partial charge in [-0.3, -0.25) is 9.69 Å². The third kappa shape index (κ3) is 5.04. The second-order valence-electron chi connectivity index (χ2n) is 4.26.